The Labute approximate surface area is 191 Å². The molecule has 32 heavy (non-hydrogen) atoms. The van der Waals surface area contributed by atoms with Gasteiger partial charge in [-0.05, 0) is 42.0 Å². The van der Waals surface area contributed by atoms with E-state index in [2.05, 4.69) is 89.5 Å². The van der Waals surface area contributed by atoms with Gasteiger partial charge in [0.1, 0.15) is 0 Å². The molecular formula is C29H19ClN2. The first kappa shape index (κ1) is 18.9. The summed E-state index contributed by atoms with van der Waals surface area (Å²) in [6.07, 6.45) is 0. The second-order valence-electron chi connectivity index (χ2n) is 7.81. The number of benzene rings is 4. The van der Waals surface area contributed by atoms with E-state index in [1.54, 1.807) is 0 Å². The number of pyridine rings is 1. The van der Waals surface area contributed by atoms with Gasteiger partial charge in [-0.3, -0.25) is 0 Å². The van der Waals surface area contributed by atoms with E-state index in [1.807, 2.05) is 30.3 Å². The fraction of sp³-hybridized carbons (Fsp3) is 0. The Hall–Kier alpha value is -3.88. The fourth-order valence-corrected chi connectivity index (χ4v) is 4.53. The highest BCUT2D eigenvalue weighted by Crippen LogP contribution is 2.39. The van der Waals surface area contributed by atoms with E-state index in [4.69, 9.17) is 16.6 Å². The standard InChI is InChI=1S/C29H19ClN2/c30-22-17-15-21(16-18-22)28-25-19-27(20-9-3-1-4-10-20)32(23-11-5-2-6-12-23)29(25)24-13-7-8-14-26(24)31-28/h1-19H. The average Bonchev–Trinajstić information content (AvgIpc) is 3.26. The van der Waals surface area contributed by atoms with Gasteiger partial charge in [0.05, 0.1) is 22.4 Å². The highest BCUT2D eigenvalue weighted by molar-refractivity contribution is 6.30. The molecule has 2 heterocycles. The highest BCUT2D eigenvalue weighted by Gasteiger charge is 2.19. The molecule has 0 aliphatic heterocycles. The number of fused-ring (bicyclic) bond motifs is 3. The normalized spacial score (nSPS) is 11.3. The zero-order chi connectivity index (χ0) is 21.5. The minimum atomic E-state index is 0.720. The molecule has 0 fully saturated rings. The number of nitrogens with zero attached hydrogens (tertiary/aromatic N) is 2. The van der Waals surface area contributed by atoms with Crippen LogP contribution in [-0.4, -0.2) is 9.55 Å². The van der Waals surface area contributed by atoms with Gasteiger partial charge in [0.15, 0.2) is 0 Å². The number of rotatable bonds is 3. The van der Waals surface area contributed by atoms with Crippen LogP contribution in [0, 0.1) is 0 Å². The molecule has 2 nitrogen and oxygen atoms in total. The molecule has 4 aromatic carbocycles. The monoisotopic (exact) mass is 430 g/mol. The van der Waals surface area contributed by atoms with Gasteiger partial charge in [0, 0.05) is 27.0 Å². The van der Waals surface area contributed by atoms with Crippen molar-refractivity contribution in [2.45, 2.75) is 0 Å². The van der Waals surface area contributed by atoms with Crippen molar-refractivity contribution in [1.29, 1.82) is 0 Å². The molecular weight excluding hydrogens is 412 g/mol. The van der Waals surface area contributed by atoms with Crippen LogP contribution in [0.3, 0.4) is 0 Å². The minimum absolute atomic E-state index is 0.720. The number of aromatic nitrogens is 2. The van der Waals surface area contributed by atoms with Crippen LogP contribution in [0.1, 0.15) is 0 Å². The lowest BCUT2D eigenvalue weighted by Gasteiger charge is -2.13. The molecule has 0 saturated heterocycles. The summed E-state index contributed by atoms with van der Waals surface area (Å²) < 4.78 is 2.36. The molecule has 6 aromatic rings. The molecule has 2 aromatic heterocycles. The van der Waals surface area contributed by atoms with Crippen LogP contribution >= 0.6 is 11.6 Å². The molecule has 0 atom stereocenters. The number of halogens is 1. The zero-order valence-electron chi connectivity index (χ0n) is 17.2. The molecule has 152 valence electrons. The van der Waals surface area contributed by atoms with Crippen LogP contribution in [0.2, 0.25) is 5.02 Å². The van der Waals surface area contributed by atoms with E-state index >= 15 is 0 Å². The summed E-state index contributed by atoms with van der Waals surface area (Å²) in [6, 6.07) is 39.6. The molecule has 0 bridgehead atoms. The van der Waals surface area contributed by atoms with Gasteiger partial charge in [-0.15, -0.1) is 0 Å². The Morgan fingerprint density at radius 2 is 1.25 bits per heavy atom. The van der Waals surface area contributed by atoms with E-state index in [0.717, 1.165) is 49.5 Å². The molecule has 0 aliphatic carbocycles. The lowest BCUT2D eigenvalue weighted by Crippen LogP contribution is -1.98. The fourth-order valence-electron chi connectivity index (χ4n) is 4.40. The molecule has 0 aliphatic rings. The number of hydrogen-bond acceptors (Lipinski definition) is 1. The van der Waals surface area contributed by atoms with Crippen molar-refractivity contribution in [3.63, 3.8) is 0 Å². The van der Waals surface area contributed by atoms with Gasteiger partial charge in [-0.25, -0.2) is 4.98 Å². The molecule has 0 amide bonds. The summed E-state index contributed by atoms with van der Waals surface area (Å²) in [5.41, 5.74) is 7.57. The number of para-hydroxylation sites is 2. The van der Waals surface area contributed by atoms with Crippen LogP contribution in [0.5, 0.6) is 0 Å². The smallest absolute Gasteiger partial charge is 0.0803 e. The maximum atomic E-state index is 6.18. The molecule has 0 spiro atoms. The Morgan fingerprint density at radius 1 is 0.594 bits per heavy atom. The predicted molar refractivity (Wildman–Crippen MR) is 134 cm³/mol. The first-order valence-electron chi connectivity index (χ1n) is 10.6. The lowest BCUT2D eigenvalue weighted by molar-refractivity contribution is 1.14. The summed E-state index contributed by atoms with van der Waals surface area (Å²) >= 11 is 6.18. The van der Waals surface area contributed by atoms with Crippen LogP contribution in [0.4, 0.5) is 0 Å². The zero-order valence-corrected chi connectivity index (χ0v) is 18.0. The van der Waals surface area contributed by atoms with Gasteiger partial charge in [-0.1, -0.05) is 90.5 Å². The summed E-state index contributed by atoms with van der Waals surface area (Å²) in [5, 5.41) is 2.97. The Bertz CT molecular complexity index is 1550. The SMILES string of the molecule is Clc1ccc(-c2nc3ccccc3c3c2cc(-c2ccccc2)n3-c2ccccc2)cc1. The second-order valence-corrected chi connectivity index (χ2v) is 8.25. The van der Waals surface area contributed by atoms with E-state index in [1.165, 1.54) is 5.56 Å². The summed E-state index contributed by atoms with van der Waals surface area (Å²) in [6.45, 7) is 0. The van der Waals surface area contributed by atoms with Crippen molar-refractivity contribution in [3.05, 3.63) is 120 Å². The summed E-state index contributed by atoms with van der Waals surface area (Å²) in [5.74, 6) is 0. The van der Waals surface area contributed by atoms with Crippen molar-refractivity contribution >= 4 is 33.4 Å². The summed E-state index contributed by atoms with van der Waals surface area (Å²) in [7, 11) is 0. The molecule has 3 heteroatoms. The largest absolute Gasteiger partial charge is 0.309 e. The van der Waals surface area contributed by atoms with Crippen molar-refractivity contribution < 1.29 is 0 Å². The maximum absolute atomic E-state index is 6.18. The van der Waals surface area contributed by atoms with Gasteiger partial charge in [0.2, 0.25) is 0 Å². The van der Waals surface area contributed by atoms with E-state index < -0.39 is 0 Å². The molecule has 0 saturated carbocycles. The Morgan fingerprint density at radius 3 is 2.00 bits per heavy atom. The first-order chi connectivity index (χ1) is 15.8. The first-order valence-corrected chi connectivity index (χ1v) is 11.0. The molecule has 6 rings (SSSR count). The van der Waals surface area contributed by atoms with Crippen molar-refractivity contribution in [1.82, 2.24) is 9.55 Å². The Kier molecular flexibility index (Phi) is 4.52. The topological polar surface area (TPSA) is 17.8 Å². The van der Waals surface area contributed by atoms with Gasteiger partial charge >= 0.3 is 0 Å². The molecule has 0 N–H and O–H groups in total. The van der Waals surface area contributed by atoms with E-state index in [-0.39, 0.29) is 0 Å². The molecule has 0 radical (unpaired) electrons. The van der Waals surface area contributed by atoms with Crippen LogP contribution in [0.25, 0.3) is 50.0 Å². The van der Waals surface area contributed by atoms with Crippen LogP contribution < -0.4 is 0 Å². The third-order valence-corrected chi connectivity index (χ3v) is 6.10. The van der Waals surface area contributed by atoms with E-state index in [0.29, 0.717) is 0 Å². The maximum Gasteiger partial charge on any atom is 0.0803 e. The average molecular weight is 431 g/mol. The number of hydrogen-bond donors (Lipinski definition) is 0. The highest BCUT2D eigenvalue weighted by atomic mass is 35.5. The quantitative estimate of drug-likeness (QED) is 0.277. The third-order valence-electron chi connectivity index (χ3n) is 5.85. The van der Waals surface area contributed by atoms with E-state index in [9.17, 15) is 0 Å². The van der Waals surface area contributed by atoms with Crippen LogP contribution in [0.15, 0.2) is 115 Å². The second kappa shape index (κ2) is 7.67. The third kappa shape index (κ3) is 3.08. The van der Waals surface area contributed by atoms with Crippen LogP contribution in [-0.2, 0) is 0 Å². The summed E-state index contributed by atoms with van der Waals surface area (Å²) in [4.78, 5) is 5.09. The molecule has 0 unspecified atom stereocenters. The van der Waals surface area contributed by atoms with Gasteiger partial charge in [0.25, 0.3) is 0 Å². The van der Waals surface area contributed by atoms with Crippen molar-refractivity contribution in [3.8, 4) is 28.2 Å². The van der Waals surface area contributed by atoms with Crippen molar-refractivity contribution in [2.24, 2.45) is 0 Å². The van der Waals surface area contributed by atoms with Gasteiger partial charge < -0.3 is 4.57 Å². The minimum Gasteiger partial charge on any atom is -0.309 e. The lowest BCUT2D eigenvalue weighted by atomic mass is 10.0. The predicted octanol–water partition coefficient (Wildman–Crippen LogP) is 8.17. The van der Waals surface area contributed by atoms with Crippen molar-refractivity contribution in [2.75, 3.05) is 0 Å². The Balaban J connectivity index is 1.80. The van der Waals surface area contributed by atoms with Gasteiger partial charge in [-0.2, -0.15) is 0 Å².